The molecule has 1 atom stereocenters. The number of hydrogen-bond acceptors (Lipinski definition) is 5. The Morgan fingerprint density at radius 2 is 1.85 bits per heavy atom. The highest BCUT2D eigenvalue weighted by Gasteiger charge is 2.26. The number of likely N-dealkylation sites (N-methyl/N-ethyl adjacent to an activating group) is 1. The van der Waals surface area contributed by atoms with Crippen LogP contribution in [0.15, 0.2) is 42.5 Å². The van der Waals surface area contributed by atoms with Crippen molar-refractivity contribution in [1.29, 1.82) is 0 Å². The maximum absolute atomic E-state index is 13.2. The minimum Gasteiger partial charge on any atom is -0.495 e. The number of aryl methyl sites for hydroxylation is 1. The summed E-state index contributed by atoms with van der Waals surface area (Å²) in [5.74, 6) is -0.0720. The smallest absolute Gasteiger partial charge is 0.242 e. The average Bonchev–Trinajstić information content (AvgIpc) is 2.79. The first-order valence-electron chi connectivity index (χ1n) is 10.9. The molecule has 0 radical (unpaired) electrons. The summed E-state index contributed by atoms with van der Waals surface area (Å²) in [6.07, 6.45) is 1.44. The lowest BCUT2D eigenvalue weighted by Gasteiger charge is -2.29. The number of sulfonamides is 1. The van der Waals surface area contributed by atoms with Gasteiger partial charge in [-0.1, -0.05) is 35.9 Å². The Balaban J connectivity index is 2.18. The van der Waals surface area contributed by atoms with Crippen LogP contribution in [0, 0.1) is 6.92 Å². The second-order valence-electron chi connectivity index (χ2n) is 8.00. The third kappa shape index (κ3) is 7.11. The number of benzene rings is 2. The van der Waals surface area contributed by atoms with Crippen molar-refractivity contribution in [3.05, 3.63) is 58.6 Å². The zero-order chi connectivity index (χ0) is 25.5. The maximum atomic E-state index is 13.2. The van der Waals surface area contributed by atoms with E-state index in [0.717, 1.165) is 17.4 Å². The van der Waals surface area contributed by atoms with E-state index in [1.807, 2.05) is 31.2 Å². The van der Waals surface area contributed by atoms with Crippen molar-refractivity contribution < 1.29 is 22.7 Å². The SMILES string of the molecule is CNC(=O)C(C)N(Cc1ccccc1C)C(=O)CCCN(c1ccc(OC)c(Cl)c1)S(C)(=O)=O. The van der Waals surface area contributed by atoms with Crippen LogP contribution < -0.4 is 14.4 Å². The Morgan fingerprint density at radius 1 is 1.18 bits per heavy atom. The van der Waals surface area contributed by atoms with E-state index in [0.29, 0.717) is 11.4 Å². The molecule has 0 aromatic heterocycles. The largest absolute Gasteiger partial charge is 0.495 e. The monoisotopic (exact) mass is 509 g/mol. The fraction of sp³-hybridized carbons (Fsp3) is 0.417. The Kier molecular flexibility index (Phi) is 9.76. The van der Waals surface area contributed by atoms with Gasteiger partial charge in [0.25, 0.3) is 0 Å². The van der Waals surface area contributed by atoms with Gasteiger partial charge in [-0.25, -0.2) is 8.42 Å². The van der Waals surface area contributed by atoms with Gasteiger partial charge < -0.3 is 15.0 Å². The van der Waals surface area contributed by atoms with E-state index >= 15 is 0 Å². The Bertz CT molecular complexity index is 1120. The van der Waals surface area contributed by atoms with E-state index < -0.39 is 16.1 Å². The highest BCUT2D eigenvalue weighted by molar-refractivity contribution is 7.92. The van der Waals surface area contributed by atoms with Crippen LogP contribution in [0.3, 0.4) is 0 Å². The summed E-state index contributed by atoms with van der Waals surface area (Å²) in [6, 6.07) is 11.7. The molecule has 0 aliphatic carbocycles. The van der Waals surface area contributed by atoms with Crippen molar-refractivity contribution in [3.8, 4) is 5.75 Å². The number of rotatable bonds is 11. The van der Waals surface area contributed by atoms with E-state index in [1.54, 1.807) is 19.1 Å². The molecule has 2 aromatic carbocycles. The highest BCUT2D eigenvalue weighted by atomic mass is 35.5. The summed E-state index contributed by atoms with van der Waals surface area (Å²) in [5.41, 5.74) is 2.34. The van der Waals surface area contributed by atoms with Crippen molar-refractivity contribution in [1.82, 2.24) is 10.2 Å². The van der Waals surface area contributed by atoms with Gasteiger partial charge in [-0.2, -0.15) is 0 Å². The molecule has 2 aromatic rings. The molecular weight excluding hydrogens is 478 g/mol. The normalized spacial score (nSPS) is 12.1. The number of hydrogen-bond donors (Lipinski definition) is 1. The number of nitrogens with one attached hydrogen (secondary N) is 1. The van der Waals surface area contributed by atoms with Crippen molar-refractivity contribution in [2.24, 2.45) is 0 Å². The third-order valence-electron chi connectivity index (χ3n) is 5.59. The van der Waals surface area contributed by atoms with Crippen LogP contribution in [0.25, 0.3) is 0 Å². The van der Waals surface area contributed by atoms with Crippen molar-refractivity contribution >= 4 is 39.1 Å². The standard InChI is InChI=1S/C24H32ClN3O5S/c1-17-9-6-7-10-19(17)16-27(18(2)24(30)26-3)23(29)11-8-14-28(34(5,31)32)20-12-13-22(33-4)21(25)15-20/h6-7,9-10,12-13,15,18H,8,11,14,16H2,1-5H3,(H,26,30). The molecule has 0 heterocycles. The van der Waals surface area contributed by atoms with E-state index in [9.17, 15) is 18.0 Å². The predicted molar refractivity (Wildman–Crippen MR) is 135 cm³/mol. The lowest BCUT2D eigenvalue weighted by Crippen LogP contribution is -2.47. The molecule has 2 amide bonds. The van der Waals surface area contributed by atoms with Crippen molar-refractivity contribution in [2.45, 2.75) is 39.3 Å². The number of carbonyl (C=O) groups is 2. The number of carbonyl (C=O) groups excluding carboxylic acids is 2. The molecule has 0 fully saturated rings. The topological polar surface area (TPSA) is 96.0 Å². The van der Waals surface area contributed by atoms with Crippen LogP contribution in [0.2, 0.25) is 5.02 Å². The lowest BCUT2D eigenvalue weighted by molar-refractivity contribution is -0.140. The fourth-order valence-corrected chi connectivity index (χ4v) is 4.79. The molecule has 0 aliphatic rings. The predicted octanol–water partition coefficient (Wildman–Crippen LogP) is 3.37. The zero-order valence-electron chi connectivity index (χ0n) is 20.2. The van der Waals surface area contributed by atoms with Crippen molar-refractivity contribution in [2.75, 3.05) is 31.3 Å². The van der Waals surface area contributed by atoms with Gasteiger partial charge in [0.05, 0.1) is 24.1 Å². The second kappa shape index (κ2) is 12.1. The van der Waals surface area contributed by atoms with Gasteiger partial charge in [0.2, 0.25) is 21.8 Å². The number of methoxy groups -OCH3 is 1. The minimum absolute atomic E-state index is 0.0725. The van der Waals surface area contributed by atoms with E-state index in [-0.39, 0.29) is 42.8 Å². The number of ether oxygens (including phenoxy) is 1. The number of amides is 2. The Morgan fingerprint density at radius 3 is 2.41 bits per heavy atom. The molecule has 186 valence electrons. The van der Waals surface area contributed by atoms with Gasteiger partial charge in [0.1, 0.15) is 11.8 Å². The van der Waals surface area contributed by atoms with Crippen LogP contribution in [-0.4, -0.2) is 58.1 Å². The van der Waals surface area contributed by atoms with Gasteiger partial charge in [0.15, 0.2) is 0 Å². The second-order valence-corrected chi connectivity index (χ2v) is 10.3. The summed E-state index contributed by atoms with van der Waals surface area (Å²) < 4.78 is 31.2. The lowest BCUT2D eigenvalue weighted by atomic mass is 10.1. The number of anilines is 1. The van der Waals surface area contributed by atoms with Crippen LogP contribution in [0.1, 0.15) is 30.9 Å². The van der Waals surface area contributed by atoms with Crippen LogP contribution in [-0.2, 0) is 26.2 Å². The molecule has 0 saturated carbocycles. The van der Waals surface area contributed by atoms with Crippen molar-refractivity contribution in [3.63, 3.8) is 0 Å². The van der Waals surface area contributed by atoms with Crippen LogP contribution >= 0.6 is 11.6 Å². The summed E-state index contributed by atoms with van der Waals surface area (Å²) >= 11 is 6.17. The summed E-state index contributed by atoms with van der Waals surface area (Å²) in [5, 5.41) is 2.87. The van der Waals surface area contributed by atoms with Crippen LogP contribution in [0.5, 0.6) is 5.75 Å². The molecule has 1 unspecified atom stereocenters. The minimum atomic E-state index is -3.62. The maximum Gasteiger partial charge on any atom is 0.242 e. The van der Waals surface area contributed by atoms with Gasteiger partial charge in [-0.3, -0.25) is 13.9 Å². The molecule has 1 N–H and O–H groups in total. The van der Waals surface area contributed by atoms with Gasteiger partial charge in [0, 0.05) is 26.6 Å². The highest BCUT2D eigenvalue weighted by Crippen LogP contribution is 2.30. The molecule has 0 saturated heterocycles. The molecule has 0 aliphatic heterocycles. The Labute approximate surface area is 206 Å². The molecule has 0 spiro atoms. The summed E-state index contributed by atoms with van der Waals surface area (Å²) in [4.78, 5) is 27.0. The number of halogens is 1. The molecular formula is C24H32ClN3O5S. The van der Waals surface area contributed by atoms with Gasteiger partial charge in [-0.15, -0.1) is 0 Å². The van der Waals surface area contributed by atoms with E-state index in [4.69, 9.17) is 16.3 Å². The molecule has 34 heavy (non-hydrogen) atoms. The van der Waals surface area contributed by atoms with Gasteiger partial charge >= 0.3 is 0 Å². The van der Waals surface area contributed by atoms with E-state index in [1.165, 1.54) is 29.4 Å². The van der Waals surface area contributed by atoms with Gasteiger partial charge in [-0.05, 0) is 49.6 Å². The first kappa shape index (κ1) is 27.5. The zero-order valence-corrected chi connectivity index (χ0v) is 21.7. The molecule has 0 bridgehead atoms. The molecule has 10 heteroatoms. The Hall–Kier alpha value is -2.78. The fourth-order valence-electron chi connectivity index (χ4n) is 3.58. The van der Waals surface area contributed by atoms with Crippen LogP contribution in [0.4, 0.5) is 5.69 Å². The van der Waals surface area contributed by atoms with E-state index in [2.05, 4.69) is 5.32 Å². The first-order valence-corrected chi connectivity index (χ1v) is 13.1. The first-order chi connectivity index (χ1) is 16.0. The molecule has 2 rings (SSSR count). The number of nitrogens with zero attached hydrogens (tertiary/aromatic N) is 2. The third-order valence-corrected chi connectivity index (χ3v) is 7.08. The average molecular weight is 510 g/mol. The molecule has 8 nitrogen and oxygen atoms in total. The quantitative estimate of drug-likeness (QED) is 0.501. The summed E-state index contributed by atoms with van der Waals surface area (Å²) in [7, 11) is -0.613. The summed E-state index contributed by atoms with van der Waals surface area (Å²) in [6.45, 7) is 3.99.